The van der Waals surface area contributed by atoms with Gasteiger partial charge in [0.1, 0.15) is 0 Å². The third kappa shape index (κ3) is 4.80. The van der Waals surface area contributed by atoms with E-state index in [0.29, 0.717) is 0 Å². The van der Waals surface area contributed by atoms with Crippen LogP contribution in [0.15, 0.2) is 82.5 Å². The average molecular weight is 580 g/mol. The highest BCUT2D eigenvalue weighted by Crippen LogP contribution is 2.43. The zero-order valence-electron chi connectivity index (χ0n) is 17.4. The first-order chi connectivity index (χ1) is 16.3. The van der Waals surface area contributed by atoms with Crippen LogP contribution in [-0.2, 0) is 14.2 Å². The van der Waals surface area contributed by atoms with E-state index in [4.69, 9.17) is 14.2 Å². The standard InChI is InChI=1S/C23H18FIN2O7/c24-23(13-25)18(33-21(30)15-9-5-2-6-10-15)17(32-20(29)14-7-3-1-4-8-14)19(34-23)27-12-11-16(28)26-22(27)31/h1-12,17-19H,13H2,(H,26,28,31)/t17-,18+,19-,23-/m1/s1. The monoisotopic (exact) mass is 580 g/mol. The van der Waals surface area contributed by atoms with Gasteiger partial charge < -0.3 is 14.2 Å². The Bertz CT molecular complexity index is 1300. The van der Waals surface area contributed by atoms with Crippen molar-refractivity contribution in [3.8, 4) is 0 Å². The topological polar surface area (TPSA) is 117 Å². The zero-order chi connectivity index (χ0) is 24.3. The second-order valence-corrected chi connectivity index (χ2v) is 8.14. The summed E-state index contributed by atoms with van der Waals surface area (Å²) in [5.74, 6) is -4.31. The molecule has 2 heterocycles. The highest BCUT2D eigenvalue weighted by molar-refractivity contribution is 14.1. The predicted molar refractivity (Wildman–Crippen MR) is 125 cm³/mol. The molecule has 0 amide bonds. The molecule has 0 unspecified atom stereocenters. The van der Waals surface area contributed by atoms with E-state index in [1.807, 2.05) is 4.98 Å². The fourth-order valence-corrected chi connectivity index (χ4v) is 4.09. The number of carbonyl (C=O) groups is 2. The van der Waals surface area contributed by atoms with Crippen molar-refractivity contribution in [1.29, 1.82) is 0 Å². The molecule has 0 spiro atoms. The molecule has 34 heavy (non-hydrogen) atoms. The van der Waals surface area contributed by atoms with Gasteiger partial charge in [-0.25, -0.2) is 18.8 Å². The van der Waals surface area contributed by atoms with Crippen LogP contribution in [0, 0.1) is 0 Å². The Morgan fingerprint density at radius 1 is 0.971 bits per heavy atom. The highest BCUT2D eigenvalue weighted by Gasteiger charge is 2.61. The summed E-state index contributed by atoms with van der Waals surface area (Å²) in [6, 6.07) is 16.8. The van der Waals surface area contributed by atoms with Gasteiger partial charge in [-0.1, -0.05) is 59.0 Å². The molecule has 1 saturated heterocycles. The van der Waals surface area contributed by atoms with Crippen molar-refractivity contribution in [1.82, 2.24) is 9.55 Å². The molecular weight excluding hydrogens is 562 g/mol. The van der Waals surface area contributed by atoms with Gasteiger partial charge in [0.15, 0.2) is 12.3 Å². The molecule has 0 bridgehead atoms. The zero-order valence-corrected chi connectivity index (χ0v) is 19.6. The maximum Gasteiger partial charge on any atom is 0.338 e. The number of esters is 2. The first kappa shape index (κ1) is 23.8. The van der Waals surface area contributed by atoms with Crippen LogP contribution >= 0.6 is 22.6 Å². The van der Waals surface area contributed by atoms with Gasteiger partial charge in [0.2, 0.25) is 6.10 Å². The maximum absolute atomic E-state index is 15.9. The number of H-pyrrole nitrogens is 1. The van der Waals surface area contributed by atoms with E-state index in [9.17, 15) is 19.2 Å². The van der Waals surface area contributed by atoms with Gasteiger partial charge in [0.25, 0.3) is 11.4 Å². The number of nitrogens with one attached hydrogen (secondary N) is 1. The predicted octanol–water partition coefficient (Wildman–Crippen LogP) is 2.62. The summed E-state index contributed by atoms with van der Waals surface area (Å²) in [6.45, 7) is 0. The Kier molecular flexibility index (Phi) is 6.93. The summed E-state index contributed by atoms with van der Waals surface area (Å²) in [7, 11) is 0. The van der Waals surface area contributed by atoms with Crippen LogP contribution in [0.25, 0.3) is 0 Å². The molecule has 0 radical (unpaired) electrons. The lowest BCUT2D eigenvalue weighted by molar-refractivity contribution is -0.170. The third-order valence-corrected chi connectivity index (χ3v) is 6.16. The molecule has 1 aliphatic heterocycles. The number of rotatable bonds is 6. The number of ether oxygens (including phenoxy) is 3. The number of alkyl halides is 2. The first-order valence-corrected chi connectivity index (χ1v) is 11.6. The van der Waals surface area contributed by atoms with Crippen LogP contribution < -0.4 is 11.2 Å². The lowest BCUT2D eigenvalue weighted by atomic mass is 10.1. The lowest BCUT2D eigenvalue weighted by Crippen LogP contribution is -2.46. The van der Waals surface area contributed by atoms with Crippen molar-refractivity contribution in [2.45, 2.75) is 24.3 Å². The smallest absolute Gasteiger partial charge is 0.338 e. The largest absolute Gasteiger partial charge is 0.450 e. The number of aromatic nitrogens is 2. The van der Waals surface area contributed by atoms with Gasteiger partial charge in [0, 0.05) is 12.3 Å². The van der Waals surface area contributed by atoms with Gasteiger partial charge >= 0.3 is 17.6 Å². The molecule has 1 N–H and O–H groups in total. The van der Waals surface area contributed by atoms with Gasteiger partial charge in [-0.2, -0.15) is 0 Å². The molecule has 1 aromatic heterocycles. The van der Waals surface area contributed by atoms with E-state index in [1.54, 1.807) is 59.0 Å². The molecule has 4 rings (SSSR count). The Morgan fingerprint density at radius 2 is 1.53 bits per heavy atom. The third-order valence-electron chi connectivity index (χ3n) is 5.12. The summed E-state index contributed by atoms with van der Waals surface area (Å²) in [6.07, 6.45) is -3.70. The van der Waals surface area contributed by atoms with E-state index in [-0.39, 0.29) is 15.6 Å². The number of carbonyl (C=O) groups excluding carboxylic acids is 2. The molecule has 1 fully saturated rings. The molecular formula is C23H18FIN2O7. The molecule has 9 nitrogen and oxygen atoms in total. The number of nitrogens with zero attached hydrogens (tertiary/aromatic N) is 1. The van der Waals surface area contributed by atoms with E-state index >= 15 is 4.39 Å². The Morgan fingerprint density at radius 3 is 2.06 bits per heavy atom. The molecule has 3 aromatic rings. The lowest BCUT2D eigenvalue weighted by Gasteiger charge is -2.26. The van der Waals surface area contributed by atoms with Gasteiger partial charge in [-0.3, -0.25) is 14.3 Å². The minimum atomic E-state index is -2.60. The molecule has 2 aromatic carbocycles. The fourth-order valence-electron chi connectivity index (χ4n) is 3.48. The van der Waals surface area contributed by atoms with E-state index < -0.39 is 47.5 Å². The summed E-state index contributed by atoms with van der Waals surface area (Å²) in [5, 5.41) is 0. The van der Waals surface area contributed by atoms with Crippen molar-refractivity contribution in [3.05, 3.63) is 105 Å². The van der Waals surface area contributed by atoms with Crippen LogP contribution in [0.4, 0.5) is 4.39 Å². The van der Waals surface area contributed by atoms with E-state index in [0.717, 1.165) is 16.8 Å². The van der Waals surface area contributed by atoms with Gasteiger partial charge in [-0.15, -0.1) is 0 Å². The second-order valence-electron chi connectivity index (χ2n) is 7.37. The molecule has 1 aliphatic rings. The first-order valence-electron chi connectivity index (χ1n) is 10.1. The molecule has 0 aliphatic carbocycles. The summed E-state index contributed by atoms with van der Waals surface area (Å²) in [4.78, 5) is 51.6. The molecule has 176 valence electrons. The van der Waals surface area contributed by atoms with Gasteiger partial charge in [0.05, 0.1) is 15.6 Å². The van der Waals surface area contributed by atoms with Crippen molar-refractivity contribution in [2.75, 3.05) is 4.43 Å². The summed E-state index contributed by atoms with van der Waals surface area (Å²) < 4.78 is 33.0. The normalized spacial score (nSPS) is 23.9. The summed E-state index contributed by atoms with van der Waals surface area (Å²) >= 11 is 1.70. The van der Waals surface area contributed by atoms with Crippen molar-refractivity contribution < 1.29 is 28.2 Å². The van der Waals surface area contributed by atoms with Crippen molar-refractivity contribution >= 4 is 34.5 Å². The molecule has 4 atom stereocenters. The van der Waals surface area contributed by atoms with Crippen LogP contribution in [-0.4, -0.2) is 44.0 Å². The van der Waals surface area contributed by atoms with Crippen molar-refractivity contribution in [3.63, 3.8) is 0 Å². The maximum atomic E-state index is 15.9. The number of benzene rings is 2. The molecule has 11 heteroatoms. The Hall–Kier alpha value is -3.32. The summed E-state index contributed by atoms with van der Waals surface area (Å²) in [5.41, 5.74) is -1.28. The Balaban J connectivity index is 1.75. The van der Waals surface area contributed by atoms with Crippen LogP contribution in [0.3, 0.4) is 0 Å². The highest BCUT2D eigenvalue weighted by atomic mass is 127. The van der Waals surface area contributed by atoms with Gasteiger partial charge in [-0.05, 0) is 24.3 Å². The second kappa shape index (κ2) is 9.89. The van der Waals surface area contributed by atoms with Crippen molar-refractivity contribution in [2.24, 2.45) is 0 Å². The average Bonchev–Trinajstić information content (AvgIpc) is 3.11. The minimum Gasteiger partial charge on any atom is -0.450 e. The fraction of sp³-hybridized carbons (Fsp3) is 0.217. The molecule has 0 saturated carbocycles. The number of aromatic amines is 1. The number of hydrogen-bond donors (Lipinski definition) is 1. The Labute approximate surface area is 205 Å². The van der Waals surface area contributed by atoms with Crippen LogP contribution in [0.2, 0.25) is 0 Å². The quantitative estimate of drug-likeness (QED) is 0.271. The van der Waals surface area contributed by atoms with Crippen LogP contribution in [0.1, 0.15) is 26.9 Å². The number of halogens is 2. The van der Waals surface area contributed by atoms with Crippen LogP contribution in [0.5, 0.6) is 0 Å². The minimum absolute atomic E-state index is 0.149. The van der Waals surface area contributed by atoms with E-state index in [1.165, 1.54) is 24.3 Å². The number of hydrogen-bond acceptors (Lipinski definition) is 7. The SMILES string of the molecule is O=C(O[C@H]1[C@H](n2ccc(=O)[nH]c2=O)O[C@](F)(CI)[C@H]1OC(=O)c1ccccc1)c1ccccc1. The van der Waals surface area contributed by atoms with E-state index in [2.05, 4.69) is 0 Å².